The molecule has 1 saturated heterocycles. The van der Waals surface area contributed by atoms with Gasteiger partial charge in [-0.1, -0.05) is 69.1 Å². The van der Waals surface area contributed by atoms with Crippen molar-refractivity contribution in [2.24, 2.45) is 17.6 Å². The van der Waals surface area contributed by atoms with E-state index >= 15 is 0 Å². The largest absolute Gasteiger partial charge is 0.542 e. The Morgan fingerprint density at radius 2 is 1.42 bits per heavy atom. The van der Waals surface area contributed by atoms with Crippen LogP contribution in [0, 0.1) is 11.8 Å². The minimum atomic E-state index is -5.19. The zero-order chi connectivity index (χ0) is 50.6. The van der Waals surface area contributed by atoms with E-state index in [-0.39, 0.29) is 32.6 Å². The second-order valence-corrected chi connectivity index (χ2v) is 16.9. The number of nitrogens with two attached hydrogens (primary N) is 1. The van der Waals surface area contributed by atoms with Gasteiger partial charge in [0.05, 0.1) is 19.6 Å². The van der Waals surface area contributed by atoms with E-state index in [4.69, 9.17) is 48.3 Å². The third-order valence-corrected chi connectivity index (χ3v) is 10.8. The van der Waals surface area contributed by atoms with E-state index in [9.17, 15) is 51.8 Å². The molecule has 1 heterocycles. The van der Waals surface area contributed by atoms with E-state index in [0.717, 1.165) is 19.4 Å². The second kappa shape index (κ2) is 27.7. The van der Waals surface area contributed by atoms with Crippen molar-refractivity contribution >= 4 is 70.8 Å². The highest BCUT2D eigenvalue weighted by atomic mass is 35.5. The number of carbonyl (C=O) groups excluding carboxylic acids is 7. The average Bonchev–Trinajstić information content (AvgIpc) is 3.74. The molecule has 10 N–H and O–H groups in total. The zero-order valence-corrected chi connectivity index (χ0v) is 38.9. The van der Waals surface area contributed by atoms with Crippen molar-refractivity contribution in [1.82, 2.24) is 26.2 Å². The number of hydrogen-bond donors (Lipinski definition) is 7. The van der Waals surface area contributed by atoms with Crippen LogP contribution >= 0.6 is 23.2 Å². The normalized spacial score (nSPS) is 15.2. The number of likely N-dealkylation sites (tertiary alicyclic amines) is 1. The lowest BCUT2D eigenvalue weighted by Crippen LogP contribution is -2.61. The van der Waals surface area contributed by atoms with Gasteiger partial charge in [0.25, 0.3) is 0 Å². The van der Waals surface area contributed by atoms with Gasteiger partial charge in [-0.15, -0.1) is 0 Å². The molecular weight excluding hydrogens is 934 g/mol. The molecule has 1 aliphatic heterocycles. The van der Waals surface area contributed by atoms with Gasteiger partial charge in [0.15, 0.2) is 0 Å². The highest BCUT2D eigenvalue weighted by Gasteiger charge is 2.40. The molecule has 0 unspecified atom stereocenters. The van der Waals surface area contributed by atoms with Gasteiger partial charge in [0.2, 0.25) is 29.5 Å². The molecule has 24 heteroatoms. The molecule has 1 aliphatic rings. The van der Waals surface area contributed by atoms with Gasteiger partial charge < -0.3 is 62.1 Å². The number of carboxylic acid groups (broad SMARTS) is 2. The summed E-state index contributed by atoms with van der Waals surface area (Å²) in [5.41, 5.74) is 10.5. The number of nitrogens with zero attached hydrogens (tertiary/aromatic N) is 1. The van der Waals surface area contributed by atoms with Gasteiger partial charge in [0, 0.05) is 28.6 Å². The Bertz CT molecular complexity index is 2010. The van der Waals surface area contributed by atoms with Crippen molar-refractivity contribution in [1.29, 1.82) is 0 Å². The molecule has 372 valence electrons. The SMILES string of the molecule is CC(C)[C@H](NC(=O)[C@H](Cc1ccc(OCc2c(Cl)cccc2Cl)cc1)NC(=O)OCCCCC[NH3+])C(=O)N[C@@H](CC(N)=O)C(=O)N[C@H](C(=O)N1CCC[C@H]1C(=O)O)C(C)C.O=C([O-])C(F)(F)F. The lowest BCUT2D eigenvalue weighted by atomic mass is 9.99. The van der Waals surface area contributed by atoms with Crippen LogP contribution in [0.25, 0.3) is 0 Å². The first-order valence-corrected chi connectivity index (χ1v) is 22.0. The average molecular weight is 993 g/mol. The Morgan fingerprint density at radius 1 is 0.851 bits per heavy atom. The van der Waals surface area contributed by atoms with Crippen molar-refractivity contribution in [3.8, 4) is 5.75 Å². The number of primary amides is 1. The van der Waals surface area contributed by atoms with E-state index in [1.807, 2.05) is 0 Å². The number of carbonyl (C=O) groups is 8. The fourth-order valence-corrected chi connectivity index (χ4v) is 7.00. The topological polar surface area (TPSA) is 303 Å². The van der Waals surface area contributed by atoms with Crippen LogP contribution in [0.2, 0.25) is 10.0 Å². The van der Waals surface area contributed by atoms with Crippen LogP contribution in [0.5, 0.6) is 5.75 Å². The highest BCUT2D eigenvalue weighted by molar-refractivity contribution is 6.36. The van der Waals surface area contributed by atoms with Gasteiger partial charge in [-0.2, -0.15) is 13.2 Å². The maximum absolute atomic E-state index is 13.9. The third-order valence-electron chi connectivity index (χ3n) is 10.1. The Balaban J connectivity index is 0.00000203. The molecule has 67 heavy (non-hydrogen) atoms. The predicted octanol–water partition coefficient (Wildman–Crippen LogP) is 1.64. The van der Waals surface area contributed by atoms with Crippen molar-refractivity contribution in [2.45, 2.75) is 116 Å². The van der Waals surface area contributed by atoms with Crippen LogP contribution in [-0.4, -0.2) is 114 Å². The number of benzene rings is 2. The van der Waals surface area contributed by atoms with Crippen LogP contribution in [0.4, 0.5) is 18.0 Å². The number of unbranched alkanes of at least 4 members (excludes halogenated alkanes) is 2. The summed E-state index contributed by atoms with van der Waals surface area (Å²) in [6, 6.07) is 5.60. The van der Waals surface area contributed by atoms with E-state index in [0.29, 0.717) is 39.8 Å². The van der Waals surface area contributed by atoms with Crippen LogP contribution in [-0.2, 0) is 51.3 Å². The van der Waals surface area contributed by atoms with Gasteiger partial charge in [-0.3, -0.25) is 24.0 Å². The lowest BCUT2D eigenvalue weighted by Gasteiger charge is -2.31. The summed E-state index contributed by atoms with van der Waals surface area (Å²) in [7, 11) is 0. The summed E-state index contributed by atoms with van der Waals surface area (Å²) in [5, 5.41) is 29.6. The van der Waals surface area contributed by atoms with Crippen molar-refractivity contribution in [3.63, 3.8) is 0 Å². The number of ether oxygens (including phenoxy) is 2. The Labute approximate surface area is 395 Å². The van der Waals surface area contributed by atoms with Crippen LogP contribution in [0.15, 0.2) is 42.5 Å². The minimum Gasteiger partial charge on any atom is -0.542 e. The fourth-order valence-electron chi connectivity index (χ4n) is 6.49. The number of halogens is 5. The number of quaternary nitrogens is 1. The number of nitrogens with one attached hydrogen (secondary N) is 4. The molecule has 0 aliphatic carbocycles. The molecule has 1 fully saturated rings. The van der Waals surface area contributed by atoms with Crippen molar-refractivity contribution < 1.29 is 76.9 Å². The molecule has 0 radical (unpaired) electrons. The third kappa shape index (κ3) is 19.5. The minimum absolute atomic E-state index is 0.0252. The number of carboxylic acids is 2. The second-order valence-electron chi connectivity index (χ2n) is 16.1. The molecule has 3 rings (SSSR count). The van der Waals surface area contributed by atoms with Gasteiger partial charge >= 0.3 is 18.2 Å². The lowest BCUT2D eigenvalue weighted by molar-refractivity contribution is -0.368. The Kier molecular flexibility index (Phi) is 23.7. The number of rotatable bonds is 23. The Morgan fingerprint density at radius 3 is 1.94 bits per heavy atom. The fraction of sp³-hybridized carbons (Fsp3) is 0.535. The maximum atomic E-state index is 13.9. The van der Waals surface area contributed by atoms with Crippen molar-refractivity contribution in [2.75, 3.05) is 19.7 Å². The summed E-state index contributed by atoms with van der Waals surface area (Å²) in [5.74, 6) is -8.79. The number of aliphatic carboxylic acids is 2. The molecule has 0 bridgehead atoms. The molecule has 19 nitrogen and oxygen atoms in total. The van der Waals surface area contributed by atoms with Crippen molar-refractivity contribution in [3.05, 3.63) is 63.6 Å². The monoisotopic (exact) mass is 991 g/mol. The molecule has 0 saturated carbocycles. The summed E-state index contributed by atoms with van der Waals surface area (Å²) in [6.07, 6.45) is -3.71. The molecule has 2 aromatic carbocycles. The van der Waals surface area contributed by atoms with Crippen LogP contribution < -0.4 is 42.6 Å². The molecule has 0 spiro atoms. The zero-order valence-electron chi connectivity index (χ0n) is 37.4. The summed E-state index contributed by atoms with van der Waals surface area (Å²) in [4.78, 5) is 102. The molecular formula is C43H58Cl2F3N7O12. The van der Waals surface area contributed by atoms with E-state index < -0.39 is 102 Å². The number of hydrogen-bond acceptors (Lipinski definition) is 11. The standard InChI is InChI=1S/C41H57Cl2N7O10.C2HF3O2/c1-23(2)34(38(54)46-31(21-33(45)51)37(53)49-35(24(3)4)39(55)50-18-9-12-32(50)40(56)57)48-36(52)30(47-41(58)59-19-7-5-6-17-44)20-25-13-15-26(16-14-25)60-22-27-28(42)10-8-11-29(27)43;3-2(4,5)1(6)7/h8,10-11,13-16,23-24,30-32,34-35H,5-7,9,12,17-22,44H2,1-4H3,(H2,45,51)(H,46,54)(H,47,58)(H,48,52)(H,49,53)(H,56,57);(H,6,7)/t30-,31-,32-,34-,35-;/m0./s1. The van der Waals surface area contributed by atoms with Gasteiger partial charge in [0.1, 0.15) is 48.5 Å². The predicted molar refractivity (Wildman–Crippen MR) is 234 cm³/mol. The highest BCUT2D eigenvalue weighted by Crippen LogP contribution is 2.26. The Hall–Kier alpha value is -5.87. The van der Waals surface area contributed by atoms with Crippen LogP contribution in [0.1, 0.15) is 77.3 Å². The van der Waals surface area contributed by atoms with E-state index in [1.54, 1.807) is 70.2 Å². The van der Waals surface area contributed by atoms with E-state index in [1.165, 1.54) is 4.90 Å². The summed E-state index contributed by atoms with van der Waals surface area (Å²) < 4.78 is 42.8. The number of alkyl carbamates (subject to hydrolysis) is 1. The van der Waals surface area contributed by atoms with Crippen LogP contribution in [0.3, 0.4) is 0 Å². The smallest absolute Gasteiger partial charge is 0.430 e. The number of alkyl halides is 3. The first-order chi connectivity index (χ1) is 31.4. The summed E-state index contributed by atoms with van der Waals surface area (Å²) in [6.45, 7) is 7.77. The molecule has 2 aromatic rings. The summed E-state index contributed by atoms with van der Waals surface area (Å²) >= 11 is 12.5. The molecule has 5 atom stereocenters. The number of amides is 6. The molecule has 6 amide bonds. The first kappa shape index (κ1) is 57.3. The first-order valence-electron chi connectivity index (χ1n) is 21.3. The van der Waals surface area contributed by atoms with Gasteiger partial charge in [-0.25, -0.2) is 9.59 Å². The van der Waals surface area contributed by atoms with E-state index in [2.05, 4.69) is 27.0 Å². The maximum Gasteiger partial charge on any atom is 0.430 e. The molecule has 0 aromatic heterocycles. The van der Waals surface area contributed by atoms with Gasteiger partial charge in [-0.05, 0) is 73.8 Å². The quantitative estimate of drug-likeness (QED) is 0.0783.